The number of fused-ring (bicyclic) bond motifs is 1. The van der Waals surface area contributed by atoms with Crippen molar-refractivity contribution >= 4 is 27.3 Å². The van der Waals surface area contributed by atoms with Gasteiger partial charge in [-0.15, -0.1) is 11.3 Å². The van der Waals surface area contributed by atoms with Gasteiger partial charge in [0.2, 0.25) is 12.7 Å². The third-order valence-corrected chi connectivity index (χ3v) is 8.37. The number of piperidine rings is 1. The minimum Gasteiger partial charge on any atom is -0.492 e. The third kappa shape index (κ3) is 4.88. The molecule has 10 heteroatoms. The molecule has 1 aromatic carbocycles. The van der Waals surface area contributed by atoms with Crippen LogP contribution >= 0.6 is 11.3 Å². The van der Waals surface area contributed by atoms with Crippen molar-refractivity contribution in [3.8, 4) is 17.2 Å². The van der Waals surface area contributed by atoms with Crippen LogP contribution in [0.3, 0.4) is 0 Å². The largest absolute Gasteiger partial charge is 0.492 e. The fourth-order valence-electron chi connectivity index (χ4n) is 3.37. The second-order valence-electron chi connectivity index (χ2n) is 7.08. The van der Waals surface area contributed by atoms with Gasteiger partial charge in [0.05, 0.1) is 13.0 Å². The zero-order valence-electron chi connectivity index (χ0n) is 16.5. The number of benzene rings is 1. The minimum atomic E-state index is -3.45. The Morgan fingerprint density at radius 2 is 1.90 bits per heavy atom. The lowest BCUT2D eigenvalue weighted by Gasteiger charge is -2.25. The maximum atomic E-state index is 12.7. The Kier molecular flexibility index (Phi) is 6.45. The molecule has 1 amide bonds. The van der Waals surface area contributed by atoms with E-state index in [0.717, 1.165) is 35.5 Å². The van der Waals surface area contributed by atoms with Gasteiger partial charge in [-0.25, -0.2) is 8.42 Å². The predicted molar refractivity (Wildman–Crippen MR) is 112 cm³/mol. The summed E-state index contributed by atoms with van der Waals surface area (Å²) in [5.74, 6) is 1.80. The molecule has 1 aromatic heterocycles. The SMILES string of the molecule is O=C(Cc1ccc(S(=O)(=O)N2CCCCC2)s1)NCCOc1ccc2c(c1)OCO2. The van der Waals surface area contributed by atoms with Crippen LogP contribution in [0.15, 0.2) is 34.5 Å². The molecular weight excluding hydrogens is 428 g/mol. The van der Waals surface area contributed by atoms with E-state index >= 15 is 0 Å². The number of thiophene rings is 1. The number of nitrogens with zero attached hydrogens (tertiary/aromatic N) is 1. The van der Waals surface area contributed by atoms with Crippen LogP contribution in [0.25, 0.3) is 0 Å². The lowest BCUT2D eigenvalue weighted by molar-refractivity contribution is -0.120. The van der Waals surface area contributed by atoms with Crippen LogP contribution in [0.5, 0.6) is 17.2 Å². The summed E-state index contributed by atoms with van der Waals surface area (Å²) in [4.78, 5) is 12.9. The van der Waals surface area contributed by atoms with Crippen molar-refractivity contribution < 1.29 is 27.4 Å². The smallest absolute Gasteiger partial charge is 0.252 e. The fourth-order valence-corrected chi connectivity index (χ4v) is 6.40. The summed E-state index contributed by atoms with van der Waals surface area (Å²) in [6, 6.07) is 8.62. The molecule has 2 aliphatic rings. The number of hydrogen-bond donors (Lipinski definition) is 1. The summed E-state index contributed by atoms with van der Waals surface area (Å²) in [5, 5.41) is 2.79. The van der Waals surface area contributed by atoms with Crippen LogP contribution in [0, 0.1) is 0 Å². The van der Waals surface area contributed by atoms with Crippen LogP contribution in [0.1, 0.15) is 24.1 Å². The number of carbonyl (C=O) groups excluding carboxylic acids is 1. The summed E-state index contributed by atoms with van der Waals surface area (Å²) in [6.07, 6.45) is 3.01. The first kappa shape index (κ1) is 21.0. The molecule has 0 saturated carbocycles. The highest BCUT2D eigenvalue weighted by molar-refractivity contribution is 7.91. The molecular formula is C20H24N2O6S2. The van der Waals surface area contributed by atoms with Gasteiger partial charge in [-0.2, -0.15) is 4.31 Å². The van der Waals surface area contributed by atoms with E-state index in [1.54, 1.807) is 34.6 Å². The second-order valence-corrected chi connectivity index (χ2v) is 10.4. The third-order valence-electron chi connectivity index (χ3n) is 4.92. The molecule has 0 aliphatic carbocycles. The molecule has 0 atom stereocenters. The van der Waals surface area contributed by atoms with Gasteiger partial charge in [0.1, 0.15) is 16.6 Å². The van der Waals surface area contributed by atoms with E-state index in [-0.39, 0.29) is 19.1 Å². The van der Waals surface area contributed by atoms with Crippen LogP contribution in [-0.4, -0.2) is 51.7 Å². The average Bonchev–Trinajstić information content (AvgIpc) is 3.41. The molecule has 30 heavy (non-hydrogen) atoms. The Bertz CT molecular complexity index is 998. The molecule has 0 spiro atoms. The van der Waals surface area contributed by atoms with Crippen molar-refractivity contribution in [2.45, 2.75) is 29.9 Å². The van der Waals surface area contributed by atoms with Gasteiger partial charge >= 0.3 is 0 Å². The van der Waals surface area contributed by atoms with E-state index < -0.39 is 10.0 Å². The van der Waals surface area contributed by atoms with Crippen LogP contribution in [0.2, 0.25) is 0 Å². The first-order valence-corrected chi connectivity index (χ1v) is 12.2. The summed E-state index contributed by atoms with van der Waals surface area (Å²) in [7, 11) is -3.45. The summed E-state index contributed by atoms with van der Waals surface area (Å²) in [6.45, 7) is 2.00. The first-order chi connectivity index (χ1) is 14.5. The van der Waals surface area contributed by atoms with Gasteiger partial charge in [-0.1, -0.05) is 6.42 Å². The zero-order chi connectivity index (χ0) is 21.0. The Hall–Kier alpha value is -2.30. The molecule has 8 nitrogen and oxygen atoms in total. The predicted octanol–water partition coefficient (Wildman–Crippen LogP) is 2.39. The monoisotopic (exact) mass is 452 g/mol. The quantitative estimate of drug-likeness (QED) is 0.618. The molecule has 2 aromatic rings. The Balaban J connectivity index is 1.23. The van der Waals surface area contributed by atoms with Gasteiger partial charge in [0.25, 0.3) is 10.0 Å². The van der Waals surface area contributed by atoms with Crippen molar-refractivity contribution in [2.24, 2.45) is 0 Å². The van der Waals surface area contributed by atoms with Crippen molar-refractivity contribution in [3.63, 3.8) is 0 Å². The van der Waals surface area contributed by atoms with E-state index in [0.29, 0.717) is 47.7 Å². The summed E-state index contributed by atoms with van der Waals surface area (Å²) < 4.78 is 43.4. The minimum absolute atomic E-state index is 0.143. The zero-order valence-corrected chi connectivity index (χ0v) is 18.1. The van der Waals surface area contributed by atoms with Crippen molar-refractivity contribution in [1.29, 1.82) is 0 Å². The van der Waals surface area contributed by atoms with Crippen molar-refractivity contribution in [1.82, 2.24) is 9.62 Å². The summed E-state index contributed by atoms with van der Waals surface area (Å²) >= 11 is 1.16. The molecule has 1 saturated heterocycles. The number of hydrogen-bond acceptors (Lipinski definition) is 7. The highest BCUT2D eigenvalue weighted by Gasteiger charge is 2.27. The van der Waals surface area contributed by atoms with E-state index in [4.69, 9.17) is 14.2 Å². The lowest BCUT2D eigenvalue weighted by Crippen LogP contribution is -2.35. The van der Waals surface area contributed by atoms with Gasteiger partial charge in [0.15, 0.2) is 11.5 Å². The Morgan fingerprint density at radius 1 is 1.10 bits per heavy atom. The summed E-state index contributed by atoms with van der Waals surface area (Å²) in [5.41, 5.74) is 0. The Morgan fingerprint density at radius 3 is 2.73 bits per heavy atom. The molecule has 2 aliphatic heterocycles. The van der Waals surface area contributed by atoms with E-state index in [1.165, 1.54) is 0 Å². The molecule has 0 radical (unpaired) electrons. The molecule has 4 rings (SSSR count). The van der Waals surface area contributed by atoms with E-state index in [2.05, 4.69) is 5.32 Å². The molecule has 1 N–H and O–H groups in total. The highest BCUT2D eigenvalue weighted by atomic mass is 32.2. The second kappa shape index (κ2) is 9.23. The van der Waals surface area contributed by atoms with Crippen LogP contribution < -0.4 is 19.5 Å². The lowest BCUT2D eigenvalue weighted by atomic mass is 10.2. The van der Waals surface area contributed by atoms with Gasteiger partial charge in [0, 0.05) is 24.0 Å². The molecule has 0 bridgehead atoms. The first-order valence-electron chi connectivity index (χ1n) is 9.90. The number of amides is 1. The molecule has 3 heterocycles. The van der Waals surface area contributed by atoms with Gasteiger partial charge in [-0.05, 0) is 37.1 Å². The molecule has 1 fully saturated rings. The molecule has 0 unspecified atom stereocenters. The number of carbonyl (C=O) groups is 1. The topological polar surface area (TPSA) is 94.2 Å². The number of sulfonamides is 1. The standard InChI is InChI=1S/C20H24N2O6S2/c23-19(21-8-11-26-15-4-6-17-18(12-15)28-14-27-17)13-16-5-7-20(29-16)30(24,25)22-9-2-1-3-10-22/h4-7,12H,1-3,8-11,13-14H2,(H,21,23). The van der Waals surface area contributed by atoms with Crippen LogP contribution in [-0.2, 0) is 21.2 Å². The maximum Gasteiger partial charge on any atom is 0.252 e. The fraction of sp³-hybridized carbons (Fsp3) is 0.450. The average molecular weight is 453 g/mol. The normalized spacial score (nSPS) is 16.4. The van der Waals surface area contributed by atoms with Gasteiger partial charge in [-0.3, -0.25) is 4.79 Å². The van der Waals surface area contributed by atoms with E-state index in [9.17, 15) is 13.2 Å². The van der Waals surface area contributed by atoms with Crippen molar-refractivity contribution in [2.75, 3.05) is 33.0 Å². The van der Waals surface area contributed by atoms with Crippen molar-refractivity contribution in [3.05, 3.63) is 35.2 Å². The Labute approximate surface area is 179 Å². The van der Waals surface area contributed by atoms with Crippen LogP contribution in [0.4, 0.5) is 0 Å². The number of nitrogens with one attached hydrogen (secondary N) is 1. The molecule has 162 valence electrons. The highest BCUT2D eigenvalue weighted by Crippen LogP contribution is 2.35. The number of rotatable bonds is 8. The van der Waals surface area contributed by atoms with E-state index in [1.807, 2.05) is 0 Å². The van der Waals surface area contributed by atoms with Gasteiger partial charge < -0.3 is 19.5 Å². The number of ether oxygens (including phenoxy) is 3. The maximum absolute atomic E-state index is 12.7.